The molecular weight excluding hydrogens is 554 g/mol. The van der Waals surface area contributed by atoms with E-state index in [2.05, 4.69) is 15.9 Å². The Hall–Kier alpha value is -2.94. The Balaban J connectivity index is 1.45. The van der Waals surface area contributed by atoms with Gasteiger partial charge in [-0.15, -0.1) is 0 Å². The first-order chi connectivity index (χ1) is 16.9. The van der Waals surface area contributed by atoms with Gasteiger partial charge < -0.3 is 14.2 Å². The van der Waals surface area contributed by atoms with Crippen LogP contribution in [0, 0.1) is 0 Å². The number of halogens is 2. The van der Waals surface area contributed by atoms with Crippen molar-refractivity contribution in [2.24, 2.45) is 0 Å². The number of amides is 2. The maximum Gasteiger partial charge on any atom is 0.293 e. The molecule has 0 aliphatic carbocycles. The van der Waals surface area contributed by atoms with E-state index in [0.717, 1.165) is 17.3 Å². The number of hydrogen-bond acceptors (Lipinski definition) is 6. The standard InChI is InChI=1S/C26H21BrClNO5S/c1-32-22-14-18(13-21(27)24(22)34-16-17-6-5-7-19(28)12-17)15-23-25(30)29(26(31)35-23)10-11-33-20-8-3-2-4-9-20/h2-9,12-15H,10-11,16H2,1H3/b23-15-. The molecule has 0 radical (unpaired) electrons. The van der Waals surface area contributed by atoms with Crippen molar-refractivity contribution in [3.63, 3.8) is 0 Å². The molecule has 0 unspecified atom stereocenters. The molecule has 35 heavy (non-hydrogen) atoms. The quantitative estimate of drug-likeness (QED) is 0.262. The molecule has 0 aromatic heterocycles. The second kappa shape index (κ2) is 11.7. The number of carbonyl (C=O) groups is 2. The van der Waals surface area contributed by atoms with Gasteiger partial charge in [-0.05, 0) is 81.3 Å². The van der Waals surface area contributed by atoms with Gasteiger partial charge in [-0.25, -0.2) is 0 Å². The van der Waals surface area contributed by atoms with Crippen LogP contribution in [0.4, 0.5) is 4.79 Å². The van der Waals surface area contributed by atoms with E-state index in [1.807, 2.05) is 54.6 Å². The summed E-state index contributed by atoms with van der Waals surface area (Å²) in [6.07, 6.45) is 1.66. The SMILES string of the molecule is COc1cc(/C=C2\SC(=O)N(CCOc3ccccc3)C2=O)cc(Br)c1OCc1cccc(Cl)c1. The summed E-state index contributed by atoms with van der Waals surface area (Å²) in [6, 6.07) is 20.2. The third-order valence-corrected chi connectivity index (χ3v) is 6.75. The molecule has 0 spiro atoms. The second-order valence-electron chi connectivity index (χ2n) is 7.45. The van der Waals surface area contributed by atoms with E-state index >= 15 is 0 Å². The summed E-state index contributed by atoms with van der Waals surface area (Å²) in [5.74, 6) is 1.34. The van der Waals surface area contributed by atoms with Gasteiger partial charge in [-0.1, -0.05) is 41.9 Å². The van der Waals surface area contributed by atoms with E-state index in [1.165, 1.54) is 4.90 Å². The van der Waals surface area contributed by atoms with Crippen LogP contribution in [-0.4, -0.2) is 36.3 Å². The fourth-order valence-corrected chi connectivity index (χ4v) is 5.01. The lowest BCUT2D eigenvalue weighted by Gasteiger charge is -2.14. The molecule has 1 aliphatic rings. The first-order valence-corrected chi connectivity index (χ1v) is 12.6. The summed E-state index contributed by atoms with van der Waals surface area (Å²) in [7, 11) is 1.54. The lowest BCUT2D eigenvalue weighted by Crippen LogP contribution is -2.32. The van der Waals surface area contributed by atoms with Crippen molar-refractivity contribution in [3.8, 4) is 17.2 Å². The number of methoxy groups -OCH3 is 1. The Morgan fingerprint density at radius 3 is 2.57 bits per heavy atom. The molecule has 1 heterocycles. The molecule has 3 aromatic rings. The van der Waals surface area contributed by atoms with Gasteiger partial charge >= 0.3 is 0 Å². The number of nitrogens with zero attached hydrogens (tertiary/aromatic N) is 1. The third-order valence-electron chi connectivity index (χ3n) is 5.02. The van der Waals surface area contributed by atoms with E-state index < -0.39 is 0 Å². The van der Waals surface area contributed by atoms with Crippen LogP contribution >= 0.6 is 39.3 Å². The number of imide groups is 1. The predicted octanol–water partition coefficient (Wildman–Crippen LogP) is 6.81. The lowest BCUT2D eigenvalue weighted by molar-refractivity contribution is -0.123. The monoisotopic (exact) mass is 573 g/mol. The van der Waals surface area contributed by atoms with Gasteiger partial charge in [0.1, 0.15) is 19.0 Å². The van der Waals surface area contributed by atoms with Crippen molar-refractivity contribution in [1.82, 2.24) is 4.90 Å². The number of ether oxygens (including phenoxy) is 3. The number of para-hydroxylation sites is 1. The summed E-state index contributed by atoms with van der Waals surface area (Å²) >= 11 is 10.5. The van der Waals surface area contributed by atoms with Crippen molar-refractivity contribution >= 4 is 56.5 Å². The minimum atomic E-state index is -0.354. The van der Waals surface area contributed by atoms with Crippen molar-refractivity contribution in [1.29, 1.82) is 0 Å². The summed E-state index contributed by atoms with van der Waals surface area (Å²) in [5.41, 5.74) is 1.61. The Kier molecular flexibility index (Phi) is 8.38. The number of rotatable bonds is 9. The molecular formula is C26H21BrClNO5S. The highest BCUT2D eigenvalue weighted by Gasteiger charge is 2.34. The molecule has 0 N–H and O–H groups in total. The summed E-state index contributed by atoms with van der Waals surface area (Å²) in [6.45, 7) is 0.687. The van der Waals surface area contributed by atoms with E-state index in [0.29, 0.717) is 43.8 Å². The highest BCUT2D eigenvalue weighted by Crippen LogP contribution is 2.39. The molecule has 4 rings (SSSR count). The fourth-order valence-electron chi connectivity index (χ4n) is 3.36. The molecule has 1 fully saturated rings. The van der Waals surface area contributed by atoms with Gasteiger partial charge in [-0.3, -0.25) is 14.5 Å². The molecule has 0 bridgehead atoms. The maximum atomic E-state index is 12.8. The van der Waals surface area contributed by atoms with E-state index in [1.54, 1.807) is 25.3 Å². The van der Waals surface area contributed by atoms with Crippen molar-refractivity contribution in [2.75, 3.05) is 20.3 Å². The zero-order valence-electron chi connectivity index (χ0n) is 18.7. The number of hydrogen-bond donors (Lipinski definition) is 0. The zero-order chi connectivity index (χ0) is 24.8. The van der Waals surface area contributed by atoms with Crippen molar-refractivity contribution in [2.45, 2.75) is 6.61 Å². The van der Waals surface area contributed by atoms with E-state index in [9.17, 15) is 9.59 Å². The molecule has 9 heteroatoms. The smallest absolute Gasteiger partial charge is 0.293 e. The van der Waals surface area contributed by atoms with E-state index in [4.69, 9.17) is 25.8 Å². The lowest BCUT2D eigenvalue weighted by atomic mass is 10.1. The minimum Gasteiger partial charge on any atom is -0.493 e. The van der Waals surface area contributed by atoms with Crippen LogP contribution in [0.2, 0.25) is 5.02 Å². The zero-order valence-corrected chi connectivity index (χ0v) is 21.9. The highest BCUT2D eigenvalue weighted by molar-refractivity contribution is 9.10. The normalized spacial score (nSPS) is 14.5. The van der Waals surface area contributed by atoms with Gasteiger partial charge in [-0.2, -0.15) is 0 Å². The molecule has 2 amide bonds. The number of carbonyl (C=O) groups excluding carboxylic acids is 2. The summed E-state index contributed by atoms with van der Waals surface area (Å²) < 4.78 is 17.7. The molecule has 3 aromatic carbocycles. The number of thioether (sulfide) groups is 1. The van der Waals surface area contributed by atoms with Gasteiger partial charge in [0.05, 0.1) is 23.0 Å². The van der Waals surface area contributed by atoms with Crippen LogP contribution in [0.15, 0.2) is 76.1 Å². The minimum absolute atomic E-state index is 0.167. The van der Waals surface area contributed by atoms with Crippen LogP contribution in [0.25, 0.3) is 6.08 Å². The third kappa shape index (κ3) is 6.39. The average Bonchev–Trinajstić information content (AvgIpc) is 3.11. The van der Waals surface area contributed by atoms with Crippen LogP contribution in [-0.2, 0) is 11.4 Å². The van der Waals surface area contributed by atoms with Crippen LogP contribution < -0.4 is 14.2 Å². The van der Waals surface area contributed by atoms with Crippen LogP contribution in [0.5, 0.6) is 17.2 Å². The Labute approximate surface area is 220 Å². The molecule has 0 saturated carbocycles. The van der Waals surface area contributed by atoms with Gasteiger partial charge in [0.15, 0.2) is 11.5 Å². The predicted molar refractivity (Wildman–Crippen MR) is 141 cm³/mol. The Bertz CT molecular complexity index is 1270. The summed E-state index contributed by atoms with van der Waals surface area (Å²) in [5, 5.41) is 0.304. The largest absolute Gasteiger partial charge is 0.493 e. The Morgan fingerprint density at radius 1 is 1.03 bits per heavy atom. The number of benzene rings is 3. The van der Waals surface area contributed by atoms with Gasteiger partial charge in [0, 0.05) is 5.02 Å². The first-order valence-electron chi connectivity index (χ1n) is 10.6. The molecule has 1 saturated heterocycles. The Morgan fingerprint density at radius 2 is 1.83 bits per heavy atom. The molecule has 180 valence electrons. The maximum absolute atomic E-state index is 12.8. The van der Waals surface area contributed by atoms with Gasteiger partial charge in [0.2, 0.25) is 0 Å². The van der Waals surface area contributed by atoms with Crippen LogP contribution in [0.3, 0.4) is 0 Å². The van der Waals surface area contributed by atoms with E-state index in [-0.39, 0.29) is 24.3 Å². The highest BCUT2D eigenvalue weighted by atomic mass is 79.9. The first kappa shape index (κ1) is 25.2. The molecule has 6 nitrogen and oxygen atoms in total. The topological polar surface area (TPSA) is 65.1 Å². The second-order valence-corrected chi connectivity index (χ2v) is 9.73. The van der Waals surface area contributed by atoms with Crippen molar-refractivity contribution < 1.29 is 23.8 Å². The average molecular weight is 575 g/mol. The van der Waals surface area contributed by atoms with Gasteiger partial charge in [0.25, 0.3) is 11.1 Å². The van der Waals surface area contributed by atoms with Crippen molar-refractivity contribution in [3.05, 3.63) is 92.3 Å². The summed E-state index contributed by atoms with van der Waals surface area (Å²) in [4.78, 5) is 26.8. The molecule has 1 aliphatic heterocycles. The molecule has 0 atom stereocenters. The fraction of sp³-hybridized carbons (Fsp3) is 0.154. The van der Waals surface area contributed by atoms with Crippen LogP contribution in [0.1, 0.15) is 11.1 Å².